The summed E-state index contributed by atoms with van der Waals surface area (Å²) in [5, 5.41) is 0.682. The van der Waals surface area contributed by atoms with Crippen LogP contribution in [0.25, 0.3) is 0 Å². The summed E-state index contributed by atoms with van der Waals surface area (Å²) < 4.78 is 1.47. The van der Waals surface area contributed by atoms with Gasteiger partial charge in [-0.1, -0.05) is 0 Å². The maximum absolute atomic E-state index is 5.63. The van der Waals surface area contributed by atoms with E-state index in [4.69, 9.17) is 11.6 Å². The van der Waals surface area contributed by atoms with E-state index in [0.29, 0.717) is 5.25 Å². The molecule has 1 aliphatic heterocycles. The van der Waals surface area contributed by atoms with Gasteiger partial charge in [0.15, 0.2) is 0 Å². The molecule has 8 heavy (non-hydrogen) atoms. The molecule has 1 rings (SSSR count). The highest BCUT2D eigenvalue weighted by Crippen LogP contribution is 2.43. The lowest BCUT2D eigenvalue weighted by Gasteiger charge is -1.98. The second-order valence-electron chi connectivity index (χ2n) is 1.70. The summed E-state index contributed by atoms with van der Waals surface area (Å²) >= 11 is 9.46. The van der Waals surface area contributed by atoms with Gasteiger partial charge >= 0.3 is 0 Å². The van der Waals surface area contributed by atoms with Crippen LogP contribution in [0, 0.1) is 4.58 Å². The van der Waals surface area contributed by atoms with Gasteiger partial charge in [-0.25, -0.2) is 0 Å². The maximum atomic E-state index is 5.63. The van der Waals surface area contributed by atoms with E-state index in [1.807, 2.05) is 23.5 Å². The average molecular weight is 168 g/mol. The van der Waals surface area contributed by atoms with Crippen LogP contribution in [0.1, 0.15) is 6.92 Å². The summed E-state index contributed by atoms with van der Waals surface area (Å²) in [5.74, 6) is 2.01. The highest BCUT2D eigenvalue weighted by molar-refractivity contribution is 8.24. The summed E-state index contributed by atoms with van der Waals surface area (Å²) in [4.78, 5) is 0. The van der Waals surface area contributed by atoms with Gasteiger partial charge < -0.3 is 0 Å². The smallest absolute Gasteiger partial charge is 0.0821 e. The molecule has 0 aliphatic carbocycles. The van der Waals surface area contributed by atoms with E-state index in [2.05, 4.69) is 6.92 Å². The third-order valence-electron chi connectivity index (χ3n) is 0.977. The molecule has 1 aliphatic rings. The van der Waals surface area contributed by atoms with Crippen LogP contribution in [0.5, 0.6) is 0 Å². The normalized spacial score (nSPS) is 31.5. The van der Waals surface area contributed by atoms with Crippen LogP contribution in [0.15, 0.2) is 0 Å². The summed E-state index contributed by atoms with van der Waals surface area (Å²) in [6.07, 6.45) is 0. The number of halogens is 1. The molecule has 0 aromatic heterocycles. The van der Waals surface area contributed by atoms with E-state index in [1.165, 1.54) is 10.3 Å². The Labute approximate surface area is 63.7 Å². The summed E-state index contributed by atoms with van der Waals surface area (Å²) in [7, 11) is 0. The molecule has 3 heteroatoms. The van der Waals surface area contributed by atoms with Crippen molar-refractivity contribution in [2.24, 2.45) is 0 Å². The molecule has 0 amide bonds. The monoisotopic (exact) mass is 167 g/mol. The largest absolute Gasteiger partial charge is 0.141 e. The number of rotatable bonds is 1. The minimum Gasteiger partial charge on any atom is -0.141 e. The number of alkyl halides is 1. The van der Waals surface area contributed by atoms with Gasteiger partial charge in [0.2, 0.25) is 0 Å². The highest BCUT2D eigenvalue weighted by Gasteiger charge is 2.21. The SMILES string of the molecule is C[C]1SCC(CCl)S1. The van der Waals surface area contributed by atoms with Crippen molar-refractivity contribution in [3.8, 4) is 0 Å². The lowest BCUT2D eigenvalue weighted by Crippen LogP contribution is -2.00. The quantitative estimate of drug-likeness (QED) is 0.551. The maximum Gasteiger partial charge on any atom is 0.0821 e. The molecule has 0 spiro atoms. The molecule has 1 atom stereocenters. The molecule has 47 valence electrons. The molecule has 1 heterocycles. The minimum absolute atomic E-state index is 0.682. The van der Waals surface area contributed by atoms with E-state index in [0.717, 1.165) is 5.88 Å². The van der Waals surface area contributed by atoms with E-state index in [-0.39, 0.29) is 0 Å². The van der Waals surface area contributed by atoms with Crippen molar-refractivity contribution in [2.45, 2.75) is 12.2 Å². The molecule has 0 bridgehead atoms. The Bertz CT molecular complexity index is 76.8. The van der Waals surface area contributed by atoms with E-state index < -0.39 is 0 Å². The molecule has 1 radical (unpaired) electrons. The number of hydrogen-bond donors (Lipinski definition) is 0. The predicted octanol–water partition coefficient (Wildman–Crippen LogP) is 2.58. The summed E-state index contributed by atoms with van der Waals surface area (Å²) in [6.45, 7) is 2.15. The Balaban J connectivity index is 2.22. The van der Waals surface area contributed by atoms with E-state index in [1.54, 1.807) is 0 Å². The zero-order chi connectivity index (χ0) is 5.98. The highest BCUT2D eigenvalue weighted by atomic mass is 35.5. The fourth-order valence-corrected chi connectivity index (χ4v) is 3.45. The first kappa shape index (κ1) is 7.10. The van der Waals surface area contributed by atoms with Gasteiger partial charge in [-0.05, 0) is 6.92 Å². The van der Waals surface area contributed by atoms with Crippen molar-refractivity contribution in [3.05, 3.63) is 4.58 Å². The molecule has 1 fully saturated rings. The standard InChI is InChI=1S/C5H8ClS2/c1-4-7-3-5(2-6)8-4/h5H,2-3H2,1H3. The van der Waals surface area contributed by atoms with Gasteiger partial charge in [0.25, 0.3) is 0 Å². The van der Waals surface area contributed by atoms with Crippen molar-refractivity contribution >= 4 is 35.1 Å². The molecular weight excluding hydrogens is 160 g/mol. The Morgan fingerprint density at radius 3 is 2.88 bits per heavy atom. The number of thioether (sulfide) groups is 2. The second-order valence-corrected chi connectivity index (χ2v) is 5.01. The van der Waals surface area contributed by atoms with Gasteiger partial charge in [0.1, 0.15) is 0 Å². The first-order chi connectivity index (χ1) is 3.83. The van der Waals surface area contributed by atoms with Crippen molar-refractivity contribution in [3.63, 3.8) is 0 Å². The fourth-order valence-electron chi connectivity index (χ4n) is 0.589. The molecule has 0 saturated carbocycles. The Morgan fingerprint density at radius 1 is 1.88 bits per heavy atom. The molecule has 0 aromatic rings. The van der Waals surface area contributed by atoms with Gasteiger partial charge in [-0.15, -0.1) is 35.1 Å². The summed E-state index contributed by atoms with van der Waals surface area (Å²) in [6, 6.07) is 0. The van der Waals surface area contributed by atoms with Crippen molar-refractivity contribution < 1.29 is 0 Å². The first-order valence-corrected chi connectivity index (χ1v) is 4.92. The third-order valence-corrected chi connectivity index (χ3v) is 4.36. The molecule has 1 saturated heterocycles. The van der Waals surface area contributed by atoms with Gasteiger partial charge in [0.05, 0.1) is 4.58 Å². The van der Waals surface area contributed by atoms with Crippen LogP contribution < -0.4 is 0 Å². The Morgan fingerprint density at radius 2 is 2.62 bits per heavy atom. The minimum atomic E-state index is 0.682. The van der Waals surface area contributed by atoms with E-state index >= 15 is 0 Å². The van der Waals surface area contributed by atoms with Crippen LogP contribution >= 0.6 is 35.1 Å². The molecular formula is C5H8ClS2. The Hall–Kier alpha value is 0.990. The van der Waals surface area contributed by atoms with Crippen LogP contribution in [0.4, 0.5) is 0 Å². The topological polar surface area (TPSA) is 0 Å². The fraction of sp³-hybridized carbons (Fsp3) is 0.800. The van der Waals surface area contributed by atoms with Crippen molar-refractivity contribution in [1.82, 2.24) is 0 Å². The number of hydrogen-bond acceptors (Lipinski definition) is 2. The van der Waals surface area contributed by atoms with E-state index in [9.17, 15) is 0 Å². The van der Waals surface area contributed by atoms with Gasteiger partial charge in [0, 0.05) is 16.9 Å². The zero-order valence-electron chi connectivity index (χ0n) is 4.69. The first-order valence-electron chi connectivity index (χ1n) is 2.52. The molecule has 0 nitrogen and oxygen atoms in total. The lowest BCUT2D eigenvalue weighted by molar-refractivity contribution is 1.16. The Kier molecular flexibility index (Phi) is 2.87. The predicted molar refractivity (Wildman–Crippen MR) is 43.5 cm³/mol. The lowest BCUT2D eigenvalue weighted by atomic mass is 10.6. The van der Waals surface area contributed by atoms with Crippen molar-refractivity contribution in [1.29, 1.82) is 0 Å². The van der Waals surface area contributed by atoms with Crippen molar-refractivity contribution in [2.75, 3.05) is 11.6 Å². The third kappa shape index (κ3) is 1.74. The summed E-state index contributed by atoms with van der Waals surface area (Å²) in [5.41, 5.74) is 0. The van der Waals surface area contributed by atoms with Crippen LogP contribution in [0.3, 0.4) is 0 Å². The molecule has 1 unspecified atom stereocenters. The zero-order valence-corrected chi connectivity index (χ0v) is 7.07. The second kappa shape index (κ2) is 3.23. The van der Waals surface area contributed by atoms with Crippen LogP contribution in [-0.2, 0) is 0 Å². The van der Waals surface area contributed by atoms with Gasteiger partial charge in [-0.3, -0.25) is 0 Å². The van der Waals surface area contributed by atoms with Crippen LogP contribution in [-0.4, -0.2) is 16.9 Å². The molecule has 0 aromatic carbocycles. The van der Waals surface area contributed by atoms with Gasteiger partial charge in [-0.2, -0.15) is 0 Å². The molecule has 0 N–H and O–H groups in total. The average Bonchev–Trinajstić information content (AvgIpc) is 2.14. The van der Waals surface area contributed by atoms with Crippen LogP contribution in [0.2, 0.25) is 0 Å².